The fraction of sp³-hybridized carbons (Fsp3) is 0. The van der Waals surface area contributed by atoms with Gasteiger partial charge in [-0.25, -0.2) is 0 Å². The van der Waals surface area contributed by atoms with Crippen LogP contribution in [0.15, 0.2) is 94.7 Å². The van der Waals surface area contributed by atoms with Crippen molar-refractivity contribution in [1.82, 2.24) is 0 Å². The van der Waals surface area contributed by atoms with Gasteiger partial charge in [-0.1, -0.05) is 78.5 Å². The fourth-order valence-electron chi connectivity index (χ4n) is 2.03. The quantitative estimate of drug-likeness (QED) is 0.600. The third-order valence-corrected chi connectivity index (χ3v) is 4.03. The van der Waals surface area contributed by atoms with Crippen LogP contribution in [0.2, 0.25) is 0 Å². The highest BCUT2D eigenvalue weighted by atomic mass is 32.2. The summed E-state index contributed by atoms with van der Waals surface area (Å²) in [7, 11) is 0. The van der Waals surface area contributed by atoms with E-state index in [4.69, 9.17) is 0 Å². The molecule has 0 saturated heterocycles. The number of benzene rings is 3. The van der Waals surface area contributed by atoms with Gasteiger partial charge in [-0.05, 0) is 29.3 Å². The average Bonchev–Trinajstić information content (AvgIpc) is 2.50. The zero-order valence-corrected chi connectivity index (χ0v) is 11.3. The van der Waals surface area contributed by atoms with Gasteiger partial charge in [0.05, 0.1) is 0 Å². The molecule has 0 aromatic heterocycles. The lowest BCUT2D eigenvalue weighted by atomic mass is 10.1. The van der Waals surface area contributed by atoms with E-state index in [2.05, 4.69) is 78.9 Å². The number of hydrogen-bond donors (Lipinski definition) is 0. The predicted octanol–water partition coefficient (Wildman–Crippen LogP) is 5.50. The zero-order valence-electron chi connectivity index (χ0n) is 10.5. The van der Waals surface area contributed by atoms with Crippen molar-refractivity contribution in [2.75, 3.05) is 0 Å². The Morgan fingerprint density at radius 1 is 0.526 bits per heavy atom. The second kappa shape index (κ2) is 5.77. The maximum atomic E-state index is 2.18. The first-order valence-corrected chi connectivity index (χ1v) is 7.12. The highest BCUT2D eigenvalue weighted by molar-refractivity contribution is 7.99. The van der Waals surface area contributed by atoms with Crippen LogP contribution in [0.25, 0.3) is 11.1 Å². The molecule has 0 aliphatic heterocycles. The largest absolute Gasteiger partial charge is 0.0895 e. The Kier molecular flexibility index (Phi) is 3.66. The number of rotatable bonds is 3. The highest BCUT2D eigenvalue weighted by Crippen LogP contribution is 2.35. The van der Waals surface area contributed by atoms with E-state index >= 15 is 0 Å². The lowest BCUT2D eigenvalue weighted by Gasteiger charge is -2.09. The molecule has 0 heterocycles. The molecule has 0 bridgehead atoms. The van der Waals surface area contributed by atoms with Gasteiger partial charge in [-0.15, -0.1) is 0 Å². The average molecular weight is 262 g/mol. The minimum Gasteiger partial charge on any atom is -0.0895 e. The van der Waals surface area contributed by atoms with Crippen molar-refractivity contribution >= 4 is 11.8 Å². The third kappa shape index (κ3) is 2.88. The summed E-state index contributed by atoms with van der Waals surface area (Å²) in [6, 6.07) is 29.6. The van der Waals surface area contributed by atoms with Crippen molar-refractivity contribution in [3.8, 4) is 11.1 Å². The summed E-state index contributed by atoms with van der Waals surface area (Å²) in [5.74, 6) is 0. The second-order valence-corrected chi connectivity index (χ2v) is 5.39. The third-order valence-electron chi connectivity index (χ3n) is 2.94. The molecular formula is C18H14S. The van der Waals surface area contributed by atoms with Gasteiger partial charge in [0.15, 0.2) is 0 Å². The molecule has 0 radical (unpaired) electrons. The molecule has 0 aliphatic carbocycles. The molecule has 3 rings (SSSR count). The van der Waals surface area contributed by atoms with Crippen LogP contribution in [0.3, 0.4) is 0 Å². The minimum absolute atomic E-state index is 1.27. The van der Waals surface area contributed by atoms with Gasteiger partial charge in [-0.3, -0.25) is 0 Å². The highest BCUT2D eigenvalue weighted by Gasteiger charge is 2.05. The van der Waals surface area contributed by atoms with Crippen molar-refractivity contribution < 1.29 is 0 Å². The van der Waals surface area contributed by atoms with Gasteiger partial charge < -0.3 is 0 Å². The second-order valence-electron chi connectivity index (χ2n) is 4.28. The van der Waals surface area contributed by atoms with Crippen molar-refractivity contribution in [2.24, 2.45) is 0 Å². The molecule has 19 heavy (non-hydrogen) atoms. The molecule has 0 nitrogen and oxygen atoms in total. The number of hydrogen-bond acceptors (Lipinski definition) is 1. The molecule has 0 N–H and O–H groups in total. The van der Waals surface area contributed by atoms with E-state index in [1.807, 2.05) is 17.8 Å². The molecule has 1 heteroatoms. The van der Waals surface area contributed by atoms with Crippen LogP contribution in [0, 0.1) is 0 Å². The molecule has 0 saturated carbocycles. The van der Waals surface area contributed by atoms with E-state index in [1.54, 1.807) is 0 Å². The van der Waals surface area contributed by atoms with Crippen molar-refractivity contribution in [2.45, 2.75) is 9.79 Å². The Morgan fingerprint density at radius 3 is 1.84 bits per heavy atom. The summed E-state index contributed by atoms with van der Waals surface area (Å²) in [5, 5.41) is 0. The van der Waals surface area contributed by atoms with Crippen LogP contribution in [0.1, 0.15) is 0 Å². The summed E-state index contributed by atoms with van der Waals surface area (Å²) in [4.78, 5) is 2.56. The summed E-state index contributed by atoms with van der Waals surface area (Å²) >= 11 is 1.81. The molecule has 92 valence electrons. The molecular weight excluding hydrogens is 248 g/mol. The maximum Gasteiger partial charge on any atom is 0.0200 e. The first-order valence-electron chi connectivity index (χ1n) is 6.31. The minimum atomic E-state index is 1.27. The smallest absolute Gasteiger partial charge is 0.0200 e. The van der Waals surface area contributed by atoms with Crippen molar-refractivity contribution in [3.05, 3.63) is 84.9 Å². The van der Waals surface area contributed by atoms with E-state index in [1.165, 1.54) is 20.9 Å². The molecule has 0 unspecified atom stereocenters. The van der Waals surface area contributed by atoms with E-state index in [0.29, 0.717) is 0 Å². The van der Waals surface area contributed by atoms with Gasteiger partial charge in [-0.2, -0.15) is 0 Å². The van der Waals surface area contributed by atoms with Crippen LogP contribution in [0.5, 0.6) is 0 Å². The molecule has 0 aliphatic rings. The van der Waals surface area contributed by atoms with Crippen LogP contribution in [-0.2, 0) is 0 Å². The molecule has 3 aromatic carbocycles. The zero-order chi connectivity index (χ0) is 12.9. The normalized spacial score (nSPS) is 10.3. The summed E-state index contributed by atoms with van der Waals surface area (Å²) in [5.41, 5.74) is 2.55. The van der Waals surface area contributed by atoms with Crippen LogP contribution >= 0.6 is 11.8 Å². The van der Waals surface area contributed by atoms with E-state index < -0.39 is 0 Å². The Hall–Kier alpha value is -1.99. The Morgan fingerprint density at radius 2 is 1.11 bits per heavy atom. The van der Waals surface area contributed by atoms with Crippen LogP contribution in [-0.4, -0.2) is 0 Å². The monoisotopic (exact) mass is 262 g/mol. The van der Waals surface area contributed by atoms with E-state index in [0.717, 1.165) is 0 Å². The molecule has 0 atom stereocenters. The summed E-state index contributed by atoms with van der Waals surface area (Å²) in [6.07, 6.45) is 0. The summed E-state index contributed by atoms with van der Waals surface area (Å²) in [6.45, 7) is 0. The van der Waals surface area contributed by atoms with Gasteiger partial charge >= 0.3 is 0 Å². The lowest BCUT2D eigenvalue weighted by molar-refractivity contribution is 1.40. The lowest BCUT2D eigenvalue weighted by Crippen LogP contribution is -1.81. The van der Waals surface area contributed by atoms with Crippen LogP contribution in [0.4, 0.5) is 0 Å². The van der Waals surface area contributed by atoms with Crippen molar-refractivity contribution in [3.63, 3.8) is 0 Å². The molecule has 0 fully saturated rings. The first kappa shape index (κ1) is 12.1. The van der Waals surface area contributed by atoms with Gasteiger partial charge in [0.2, 0.25) is 0 Å². The summed E-state index contributed by atoms with van der Waals surface area (Å²) < 4.78 is 0. The van der Waals surface area contributed by atoms with Gasteiger partial charge in [0.1, 0.15) is 0 Å². The standard InChI is InChI=1S/C18H14S/c1-3-9-15(10-4-1)17-13-7-8-14-18(17)19-16-11-5-2-6-12-16/h1-14H. The molecule has 3 aromatic rings. The van der Waals surface area contributed by atoms with Crippen LogP contribution < -0.4 is 0 Å². The Bertz CT molecular complexity index is 645. The SMILES string of the molecule is c1ccc(Sc2ccccc2-c2ccccc2)cc1. The first-order chi connectivity index (χ1) is 9.43. The van der Waals surface area contributed by atoms with Crippen molar-refractivity contribution in [1.29, 1.82) is 0 Å². The molecule has 0 amide bonds. The van der Waals surface area contributed by atoms with Gasteiger partial charge in [0, 0.05) is 9.79 Å². The van der Waals surface area contributed by atoms with E-state index in [-0.39, 0.29) is 0 Å². The fourth-order valence-corrected chi connectivity index (χ4v) is 3.02. The Balaban J connectivity index is 1.99. The predicted molar refractivity (Wildman–Crippen MR) is 82.4 cm³/mol. The topological polar surface area (TPSA) is 0 Å². The molecule has 0 spiro atoms. The van der Waals surface area contributed by atoms with E-state index in [9.17, 15) is 0 Å². The Labute approximate surface area is 118 Å². The van der Waals surface area contributed by atoms with Gasteiger partial charge in [0.25, 0.3) is 0 Å². The maximum absolute atomic E-state index is 2.18.